The molecule has 0 bridgehead atoms. The normalized spacial score (nSPS) is 19.9. The molecule has 68 heavy (non-hydrogen) atoms. The van der Waals surface area contributed by atoms with Gasteiger partial charge in [-0.15, -0.1) is 0 Å². The number of likely N-dealkylation sites (N-methyl/N-ethyl adjacent to an activating group) is 2. The van der Waals surface area contributed by atoms with E-state index in [0.29, 0.717) is 94.1 Å². The van der Waals surface area contributed by atoms with E-state index >= 15 is 0 Å². The fourth-order valence-electron chi connectivity index (χ4n) is 10.0. The second kappa shape index (κ2) is 23.4. The number of benzene rings is 4. The fourth-order valence-corrected chi connectivity index (χ4v) is 10.0. The molecule has 0 amide bonds. The van der Waals surface area contributed by atoms with Gasteiger partial charge in [0.25, 0.3) is 0 Å². The van der Waals surface area contributed by atoms with Crippen molar-refractivity contribution in [2.75, 3.05) is 110 Å². The van der Waals surface area contributed by atoms with Gasteiger partial charge in [-0.2, -0.15) is 0 Å². The summed E-state index contributed by atoms with van der Waals surface area (Å²) in [6, 6.07) is 20.5. The number of hydrogen-bond acceptors (Lipinski definition) is 12. The molecule has 0 fully saturated rings. The summed E-state index contributed by atoms with van der Waals surface area (Å²) < 4.78 is 58.0. The molecule has 14 nitrogen and oxygen atoms in total. The number of ether oxygens (including phenoxy) is 10. The molecule has 2 aliphatic rings. The minimum absolute atomic E-state index is 0.0347. The molecule has 0 radical (unpaired) electrons. The summed E-state index contributed by atoms with van der Waals surface area (Å²) in [5.41, 5.74) is 7.00. The number of esters is 2. The number of methoxy groups -OCH3 is 8. The number of rotatable bonds is 24. The lowest BCUT2D eigenvalue weighted by molar-refractivity contribution is -0.940. The SMILES string of the molecule is COc1ccc(CC2c3cc(OC)c(OC)cc3CC[N+]2(C)CCC(=O)OCCC(C)CCOC(=O)CC[N+]2(C)CCc3cc(OC)c(OC)cc3C2Cc2ccc(OC)c(OC)c2)cc1OC. The second-order valence-electron chi connectivity index (χ2n) is 18.6. The first kappa shape index (κ1) is 51.5. The standard InChI is InChI=1S/C54H74N2O12/c1-36(20-26-67-53(57)18-24-55(2)22-16-39-32-49(63-8)51(65-10)34-41(39)43(55)28-37-12-14-45(59-4)47(30-37)61-6)21-27-68-54(58)19-25-56(3)23-17-40-33-50(64-9)52(66-11)35-42(40)44(56)29-38-13-15-46(60-5)48(31-38)62-7/h12-15,30-36,43-44H,16-29H2,1-11H3/q+2. The van der Waals surface area contributed by atoms with Crippen molar-refractivity contribution >= 4 is 11.9 Å². The Labute approximate surface area is 403 Å². The predicted molar refractivity (Wildman–Crippen MR) is 260 cm³/mol. The highest BCUT2D eigenvalue weighted by Crippen LogP contribution is 2.45. The van der Waals surface area contributed by atoms with Gasteiger partial charge in [-0.05, 0) is 89.5 Å². The van der Waals surface area contributed by atoms with Gasteiger partial charge in [-0.3, -0.25) is 9.59 Å². The molecule has 0 saturated heterocycles. The molecule has 0 aliphatic carbocycles. The molecule has 4 aromatic carbocycles. The highest BCUT2D eigenvalue weighted by atomic mass is 16.5. The zero-order valence-corrected chi connectivity index (χ0v) is 42.2. The molecule has 2 aliphatic heterocycles. The van der Waals surface area contributed by atoms with E-state index in [-0.39, 0.29) is 42.8 Å². The van der Waals surface area contributed by atoms with Crippen molar-refractivity contribution in [3.05, 3.63) is 94.0 Å². The molecule has 0 aromatic heterocycles. The fraction of sp³-hybridized carbons (Fsp3) is 0.519. The summed E-state index contributed by atoms with van der Waals surface area (Å²) >= 11 is 0. The molecule has 370 valence electrons. The molecular formula is C54H74N2O12+2. The lowest BCUT2D eigenvalue weighted by Gasteiger charge is -2.46. The molecule has 6 rings (SSSR count). The van der Waals surface area contributed by atoms with Crippen LogP contribution in [0.5, 0.6) is 46.0 Å². The summed E-state index contributed by atoms with van der Waals surface area (Å²) in [5, 5.41) is 0. The van der Waals surface area contributed by atoms with Gasteiger partial charge in [0, 0.05) is 36.8 Å². The van der Waals surface area contributed by atoms with Crippen LogP contribution in [0.4, 0.5) is 0 Å². The van der Waals surface area contributed by atoms with Crippen LogP contribution in [-0.2, 0) is 44.7 Å². The summed E-state index contributed by atoms with van der Waals surface area (Å²) in [7, 11) is 17.6. The summed E-state index contributed by atoms with van der Waals surface area (Å²) in [4.78, 5) is 26.6. The van der Waals surface area contributed by atoms with Gasteiger partial charge in [0.05, 0.1) is 123 Å². The van der Waals surface area contributed by atoms with E-state index in [1.165, 1.54) is 22.3 Å². The lowest BCUT2D eigenvalue weighted by Crippen LogP contribution is -2.53. The Kier molecular flexibility index (Phi) is 17.8. The van der Waals surface area contributed by atoms with Gasteiger partial charge >= 0.3 is 11.9 Å². The number of carbonyl (C=O) groups excluding carboxylic acids is 2. The monoisotopic (exact) mass is 943 g/mol. The predicted octanol–water partition coefficient (Wildman–Crippen LogP) is 8.31. The first-order valence-corrected chi connectivity index (χ1v) is 23.7. The second-order valence-corrected chi connectivity index (χ2v) is 18.6. The highest BCUT2D eigenvalue weighted by molar-refractivity contribution is 5.69. The van der Waals surface area contributed by atoms with E-state index in [1.54, 1.807) is 56.9 Å². The molecule has 14 heteroatoms. The van der Waals surface area contributed by atoms with E-state index in [0.717, 1.165) is 49.9 Å². The third-order valence-electron chi connectivity index (χ3n) is 14.5. The maximum absolute atomic E-state index is 13.3. The molecule has 0 spiro atoms. The molecule has 2 heterocycles. The Bertz CT molecular complexity index is 2190. The Morgan fingerprint density at radius 2 is 0.838 bits per heavy atom. The Hall–Kier alpha value is -5.86. The first-order chi connectivity index (χ1) is 32.7. The van der Waals surface area contributed by atoms with Crippen LogP contribution in [-0.4, -0.2) is 131 Å². The van der Waals surface area contributed by atoms with Crippen molar-refractivity contribution in [1.82, 2.24) is 0 Å². The number of nitrogens with zero attached hydrogens (tertiary/aromatic N) is 2. The van der Waals surface area contributed by atoms with Gasteiger partial charge in [0.1, 0.15) is 12.1 Å². The maximum atomic E-state index is 13.3. The van der Waals surface area contributed by atoms with Crippen LogP contribution < -0.4 is 37.9 Å². The number of quaternary nitrogens is 2. The molecular weight excluding hydrogens is 869 g/mol. The summed E-state index contributed by atoms with van der Waals surface area (Å²) in [6.45, 7) is 5.63. The Balaban J connectivity index is 1.01. The van der Waals surface area contributed by atoms with Crippen molar-refractivity contribution in [3.63, 3.8) is 0 Å². The average Bonchev–Trinajstić information content (AvgIpc) is 3.35. The zero-order chi connectivity index (χ0) is 49.0. The number of hydrogen-bond donors (Lipinski definition) is 0. The van der Waals surface area contributed by atoms with Gasteiger partial charge in [-0.25, -0.2) is 0 Å². The van der Waals surface area contributed by atoms with Gasteiger partial charge in [-0.1, -0.05) is 19.1 Å². The van der Waals surface area contributed by atoms with E-state index in [4.69, 9.17) is 47.4 Å². The van der Waals surface area contributed by atoms with Crippen molar-refractivity contribution in [3.8, 4) is 46.0 Å². The minimum Gasteiger partial charge on any atom is -0.493 e. The number of fused-ring (bicyclic) bond motifs is 2. The first-order valence-electron chi connectivity index (χ1n) is 23.7. The van der Waals surface area contributed by atoms with Crippen LogP contribution in [0.3, 0.4) is 0 Å². The quantitative estimate of drug-likeness (QED) is 0.0496. The molecule has 0 saturated carbocycles. The summed E-state index contributed by atoms with van der Waals surface area (Å²) in [6.07, 6.45) is 5.03. The van der Waals surface area contributed by atoms with Crippen molar-refractivity contribution in [1.29, 1.82) is 0 Å². The van der Waals surface area contributed by atoms with Crippen LogP contribution in [0.25, 0.3) is 0 Å². The zero-order valence-electron chi connectivity index (χ0n) is 42.2. The summed E-state index contributed by atoms with van der Waals surface area (Å²) in [5.74, 6) is 5.24. The van der Waals surface area contributed by atoms with Crippen LogP contribution in [0, 0.1) is 5.92 Å². The maximum Gasteiger partial charge on any atom is 0.311 e. The Morgan fingerprint density at radius 1 is 0.500 bits per heavy atom. The van der Waals surface area contributed by atoms with Crippen LogP contribution >= 0.6 is 0 Å². The van der Waals surface area contributed by atoms with E-state index in [2.05, 4.69) is 57.4 Å². The third-order valence-corrected chi connectivity index (χ3v) is 14.5. The average molecular weight is 943 g/mol. The topological polar surface area (TPSA) is 126 Å². The van der Waals surface area contributed by atoms with Gasteiger partial charge in [0.2, 0.25) is 0 Å². The van der Waals surface area contributed by atoms with Crippen LogP contribution in [0.2, 0.25) is 0 Å². The van der Waals surface area contributed by atoms with Gasteiger partial charge < -0.3 is 56.3 Å². The van der Waals surface area contributed by atoms with E-state index in [9.17, 15) is 9.59 Å². The smallest absolute Gasteiger partial charge is 0.311 e. The van der Waals surface area contributed by atoms with Crippen molar-refractivity contribution in [2.45, 2.75) is 70.4 Å². The highest BCUT2D eigenvalue weighted by Gasteiger charge is 2.42. The van der Waals surface area contributed by atoms with Gasteiger partial charge in [0.15, 0.2) is 46.0 Å². The van der Waals surface area contributed by atoms with Crippen molar-refractivity contribution < 1.29 is 65.9 Å². The third kappa shape index (κ3) is 12.0. The largest absolute Gasteiger partial charge is 0.493 e. The molecule has 4 aromatic rings. The number of carbonyl (C=O) groups is 2. The molecule has 0 N–H and O–H groups in total. The van der Waals surface area contributed by atoms with E-state index in [1.807, 2.05) is 24.3 Å². The van der Waals surface area contributed by atoms with Crippen molar-refractivity contribution in [2.24, 2.45) is 5.92 Å². The molecule has 4 atom stereocenters. The lowest BCUT2D eigenvalue weighted by atomic mass is 9.86. The molecule has 4 unspecified atom stereocenters. The van der Waals surface area contributed by atoms with Crippen LogP contribution in [0.15, 0.2) is 60.7 Å². The Morgan fingerprint density at radius 3 is 1.19 bits per heavy atom. The van der Waals surface area contributed by atoms with E-state index < -0.39 is 0 Å². The van der Waals surface area contributed by atoms with Crippen LogP contribution in [0.1, 0.15) is 78.1 Å². The minimum atomic E-state index is -0.218.